The van der Waals surface area contributed by atoms with Crippen LogP contribution < -0.4 is 0 Å². The van der Waals surface area contributed by atoms with E-state index in [0.717, 1.165) is 19.3 Å². The van der Waals surface area contributed by atoms with Crippen molar-refractivity contribution < 1.29 is 19.8 Å². The van der Waals surface area contributed by atoms with Gasteiger partial charge in [-0.05, 0) is 12.8 Å². The number of carbonyl (C=O) groups is 2. The maximum absolute atomic E-state index is 11.4. The molecule has 5 nitrogen and oxygen atoms in total. The second-order valence-electron chi connectivity index (χ2n) is 3.50. The summed E-state index contributed by atoms with van der Waals surface area (Å²) >= 11 is 0. The zero-order chi connectivity index (χ0) is 10.6. The number of aliphatic carboxylic acids is 1. The quantitative estimate of drug-likeness (QED) is 0.664. The number of carboxylic acid groups (broad SMARTS) is 1. The Labute approximate surface area is 82.3 Å². The lowest BCUT2D eigenvalue weighted by molar-refractivity contribution is -0.149. The van der Waals surface area contributed by atoms with Crippen molar-refractivity contribution in [3.63, 3.8) is 0 Å². The molecule has 1 fully saturated rings. The number of amides is 1. The van der Waals surface area contributed by atoms with Gasteiger partial charge in [-0.25, -0.2) is 4.79 Å². The molecule has 1 atom stereocenters. The summed E-state index contributed by atoms with van der Waals surface area (Å²) in [6.45, 7) is 0.470. The maximum atomic E-state index is 11.4. The van der Waals surface area contributed by atoms with Crippen molar-refractivity contribution in [1.82, 2.24) is 4.90 Å². The van der Waals surface area contributed by atoms with Gasteiger partial charge in [-0.2, -0.15) is 0 Å². The molecule has 0 radical (unpaired) electrons. The molecule has 1 aliphatic rings. The fourth-order valence-electron chi connectivity index (χ4n) is 1.52. The van der Waals surface area contributed by atoms with Crippen LogP contribution in [0, 0.1) is 0 Å². The van der Waals surface area contributed by atoms with Gasteiger partial charge < -0.3 is 15.1 Å². The molecule has 1 unspecified atom stereocenters. The van der Waals surface area contributed by atoms with Gasteiger partial charge in [0.25, 0.3) is 0 Å². The number of carbonyl (C=O) groups excluding carboxylic acids is 1. The molecule has 1 amide bonds. The third kappa shape index (κ3) is 2.99. The third-order valence-corrected chi connectivity index (χ3v) is 2.35. The normalized spacial score (nSPS) is 20.4. The standard InChI is InChI=1S/C9H15NO4/c11-7(9(13)14)6-10-5-3-1-2-4-8(10)12/h7,11H,1-6H2,(H,13,14). The summed E-state index contributed by atoms with van der Waals surface area (Å²) in [6, 6.07) is 0. The first-order chi connectivity index (χ1) is 6.61. The van der Waals surface area contributed by atoms with Crippen LogP contribution in [0.3, 0.4) is 0 Å². The number of aliphatic hydroxyl groups excluding tert-OH is 1. The first-order valence-electron chi connectivity index (χ1n) is 4.80. The predicted molar refractivity (Wildman–Crippen MR) is 48.7 cm³/mol. The van der Waals surface area contributed by atoms with E-state index in [9.17, 15) is 9.59 Å². The first-order valence-corrected chi connectivity index (χ1v) is 4.80. The van der Waals surface area contributed by atoms with E-state index >= 15 is 0 Å². The lowest BCUT2D eigenvalue weighted by Crippen LogP contribution is -2.40. The number of β-amino-alcohol motifs (C(OH)–C–C–N with tert-alkyl or cyclic N) is 1. The second kappa shape index (κ2) is 4.95. The summed E-state index contributed by atoms with van der Waals surface area (Å²) in [4.78, 5) is 23.2. The number of nitrogens with zero attached hydrogens (tertiary/aromatic N) is 1. The van der Waals surface area contributed by atoms with E-state index < -0.39 is 12.1 Å². The van der Waals surface area contributed by atoms with Gasteiger partial charge in [0.1, 0.15) is 0 Å². The molecule has 1 heterocycles. The van der Waals surface area contributed by atoms with Gasteiger partial charge in [-0.3, -0.25) is 4.79 Å². The van der Waals surface area contributed by atoms with Gasteiger partial charge in [0.15, 0.2) is 6.10 Å². The molecule has 0 aromatic rings. The fourth-order valence-corrected chi connectivity index (χ4v) is 1.52. The Morgan fingerprint density at radius 3 is 2.79 bits per heavy atom. The second-order valence-corrected chi connectivity index (χ2v) is 3.50. The highest BCUT2D eigenvalue weighted by molar-refractivity contribution is 5.78. The number of rotatable bonds is 3. The van der Waals surface area contributed by atoms with Crippen LogP contribution in [0.4, 0.5) is 0 Å². The fraction of sp³-hybridized carbons (Fsp3) is 0.778. The largest absolute Gasteiger partial charge is 0.479 e. The number of carboxylic acids is 1. The molecule has 5 heteroatoms. The zero-order valence-electron chi connectivity index (χ0n) is 7.98. The van der Waals surface area contributed by atoms with E-state index in [0.29, 0.717) is 13.0 Å². The van der Waals surface area contributed by atoms with Crippen molar-refractivity contribution in [3.05, 3.63) is 0 Å². The summed E-state index contributed by atoms with van der Waals surface area (Å²) in [5.41, 5.74) is 0. The van der Waals surface area contributed by atoms with Crippen LogP contribution in [0.15, 0.2) is 0 Å². The molecule has 0 spiro atoms. The van der Waals surface area contributed by atoms with Crippen molar-refractivity contribution in [3.8, 4) is 0 Å². The SMILES string of the molecule is O=C(O)C(O)CN1CCCCCC1=O. The zero-order valence-corrected chi connectivity index (χ0v) is 7.98. The van der Waals surface area contributed by atoms with Crippen LogP contribution in [0.1, 0.15) is 25.7 Å². The molecule has 2 N–H and O–H groups in total. The van der Waals surface area contributed by atoms with Gasteiger partial charge in [-0.15, -0.1) is 0 Å². The number of aliphatic hydroxyl groups is 1. The summed E-state index contributed by atoms with van der Waals surface area (Å²) in [6.07, 6.45) is 1.74. The molecular formula is C9H15NO4. The summed E-state index contributed by atoms with van der Waals surface area (Å²) in [5, 5.41) is 17.6. The topological polar surface area (TPSA) is 77.8 Å². The van der Waals surface area contributed by atoms with Gasteiger partial charge >= 0.3 is 5.97 Å². The molecule has 14 heavy (non-hydrogen) atoms. The Morgan fingerprint density at radius 1 is 1.43 bits per heavy atom. The van der Waals surface area contributed by atoms with E-state index in [1.54, 1.807) is 0 Å². The maximum Gasteiger partial charge on any atom is 0.334 e. The molecule has 0 saturated carbocycles. The van der Waals surface area contributed by atoms with Gasteiger partial charge in [0.05, 0.1) is 6.54 Å². The minimum atomic E-state index is -1.46. The highest BCUT2D eigenvalue weighted by Crippen LogP contribution is 2.11. The number of hydrogen-bond donors (Lipinski definition) is 2. The van der Waals surface area contributed by atoms with Crippen molar-refractivity contribution in [1.29, 1.82) is 0 Å². The highest BCUT2D eigenvalue weighted by Gasteiger charge is 2.22. The van der Waals surface area contributed by atoms with Crippen molar-refractivity contribution in [2.45, 2.75) is 31.8 Å². The minimum absolute atomic E-state index is 0.0530. The average Bonchev–Trinajstić information content (AvgIpc) is 2.32. The molecule has 80 valence electrons. The number of likely N-dealkylation sites (tertiary alicyclic amines) is 1. The van der Waals surface area contributed by atoms with E-state index in [2.05, 4.69) is 0 Å². The van der Waals surface area contributed by atoms with E-state index in [1.165, 1.54) is 4.90 Å². The Bertz CT molecular complexity index is 229. The molecule has 1 rings (SSSR count). The summed E-state index contributed by atoms with van der Waals surface area (Å²) < 4.78 is 0. The Hall–Kier alpha value is -1.10. The van der Waals surface area contributed by atoms with Gasteiger partial charge in [-0.1, -0.05) is 6.42 Å². The lowest BCUT2D eigenvalue weighted by atomic mass is 10.2. The van der Waals surface area contributed by atoms with E-state index in [4.69, 9.17) is 10.2 Å². The van der Waals surface area contributed by atoms with Crippen LogP contribution in [0.25, 0.3) is 0 Å². The minimum Gasteiger partial charge on any atom is -0.479 e. The third-order valence-electron chi connectivity index (χ3n) is 2.35. The van der Waals surface area contributed by atoms with Crippen molar-refractivity contribution >= 4 is 11.9 Å². The van der Waals surface area contributed by atoms with Gasteiger partial charge in [0.2, 0.25) is 5.91 Å². The van der Waals surface area contributed by atoms with Crippen LogP contribution in [0.5, 0.6) is 0 Å². The Kier molecular flexibility index (Phi) is 3.88. The lowest BCUT2D eigenvalue weighted by Gasteiger charge is -2.21. The molecular weight excluding hydrogens is 186 g/mol. The molecule has 1 saturated heterocycles. The summed E-state index contributed by atoms with van der Waals surface area (Å²) in [5.74, 6) is -1.33. The molecule has 0 aromatic heterocycles. The first kappa shape index (κ1) is 11.0. The van der Waals surface area contributed by atoms with Crippen LogP contribution in [0.2, 0.25) is 0 Å². The summed E-state index contributed by atoms with van der Waals surface area (Å²) in [7, 11) is 0. The van der Waals surface area contributed by atoms with E-state index in [1.807, 2.05) is 0 Å². The van der Waals surface area contributed by atoms with Gasteiger partial charge in [0, 0.05) is 13.0 Å². The van der Waals surface area contributed by atoms with Crippen LogP contribution in [-0.4, -0.2) is 46.2 Å². The average molecular weight is 201 g/mol. The Balaban J connectivity index is 2.48. The van der Waals surface area contributed by atoms with Crippen LogP contribution >= 0.6 is 0 Å². The monoisotopic (exact) mass is 201 g/mol. The van der Waals surface area contributed by atoms with E-state index in [-0.39, 0.29) is 12.5 Å². The smallest absolute Gasteiger partial charge is 0.334 e. The molecule has 1 aliphatic heterocycles. The van der Waals surface area contributed by atoms with Crippen LogP contribution in [-0.2, 0) is 9.59 Å². The molecule has 0 aliphatic carbocycles. The number of hydrogen-bond acceptors (Lipinski definition) is 3. The predicted octanol–water partition coefficient (Wildman–Crippen LogP) is -0.166. The molecule has 0 bridgehead atoms. The molecule has 0 aromatic carbocycles. The van der Waals surface area contributed by atoms with Crippen molar-refractivity contribution in [2.75, 3.05) is 13.1 Å². The van der Waals surface area contributed by atoms with Crippen molar-refractivity contribution in [2.24, 2.45) is 0 Å². The highest BCUT2D eigenvalue weighted by atomic mass is 16.4. The Morgan fingerprint density at radius 2 is 2.14 bits per heavy atom.